The minimum atomic E-state index is -0.570. The predicted octanol–water partition coefficient (Wildman–Crippen LogP) is 4.92. The van der Waals surface area contributed by atoms with Gasteiger partial charge < -0.3 is 10.6 Å². The van der Waals surface area contributed by atoms with Crippen LogP contribution in [0.1, 0.15) is 15.2 Å². The molecule has 1 aromatic carbocycles. The molecule has 5 aromatic rings. The number of hydrogen-bond donors (Lipinski definition) is 3. The number of carbonyl (C=O) groups is 1. The molecule has 0 saturated heterocycles. The summed E-state index contributed by atoms with van der Waals surface area (Å²) in [4.78, 5) is 25.6. The van der Waals surface area contributed by atoms with Crippen LogP contribution in [0.25, 0.3) is 22.2 Å². The molecule has 0 fully saturated rings. The van der Waals surface area contributed by atoms with E-state index < -0.39 is 5.95 Å². The normalized spacial score (nSPS) is 10.9. The van der Waals surface area contributed by atoms with Crippen molar-refractivity contribution in [2.45, 2.75) is 6.92 Å². The van der Waals surface area contributed by atoms with Gasteiger partial charge in [0.2, 0.25) is 5.95 Å². The number of thiazole rings is 1. The number of nitrogens with one attached hydrogen (secondary N) is 3. The van der Waals surface area contributed by atoms with Gasteiger partial charge in [0.05, 0.1) is 29.3 Å². The van der Waals surface area contributed by atoms with Gasteiger partial charge in [0.25, 0.3) is 5.91 Å². The van der Waals surface area contributed by atoms with Crippen molar-refractivity contribution in [1.82, 2.24) is 25.1 Å². The molecular formula is C22H16FN7OS. The molecule has 32 heavy (non-hydrogen) atoms. The number of aromatic amines is 1. The van der Waals surface area contributed by atoms with E-state index in [0.717, 1.165) is 16.5 Å². The smallest absolute Gasteiger partial charge is 0.267 e. The Labute approximate surface area is 185 Å². The summed E-state index contributed by atoms with van der Waals surface area (Å²) in [7, 11) is 0. The molecule has 0 atom stereocenters. The van der Waals surface area contributed by atoms with Gasteiger partial charge in [0.1, 0.15) is 10.7 Å². The van der Waals surface area contributed by atoms with Crippen LogP contribution < -0.4 is 10.6 Å². The van der Waals surface area contributed by atoms with E-state index in [2.05, 4.69) is 35.8 Å². The first kappa shape index (κ1) is 19.8. The number of aryl methyl sites for hydroxylation is 1. The molecule has 0 saturated carbocycles. The fourth-order valence-electron chi connectivity index (χ4n) is 3.24. The highest BCUT2D eigenvalue weighted by Gasteiger charge is 2.15. The molecular weight excluding hydrogens is 429 g/mol. The molecule has 0 bridgehead atoms. The Bertz CT molecular complexity index is 1450. The Balaban J connectivity index is 1.34. The average molecular weight is 445 g/mol. The first-order valence-corrected chi connectivity index (χ1v) is 10.4. The highest BCUT2D eigenvalue weighted by atomic mass is 32.1. The maximum Gasteiger partial charge on any atom is 0.267 e. The Kier molecular flexibility index (Phi) is 5.04. The Morgan fingerprint density at radius 3 is 2.91 bits per heavy atom. The number of benzene rings is 1. The first-order valence-electron chi connectivity index (χ1n) is 9.63. The minimum absolute atomic E-state index is 0.263. The molecule has 10 heteroatoms. The van der Waals surface area contributed by atoms with Gasteiger partial charge in [-0.25, -0.2) is 15.0 Å². The number of amides is 1. The summed E-state index contributed by atoms with van der Waals surface area (Å²) in [6, 6.07) is 12.2. The van der Waals surface area contributed by atoms with Gasteiger partial charge in [-0.05, 0) is 36.8 Å². The van der Waals surface area contributed by atoms with Gasteiger partial charge in [-0.2, -0.15) is 9.49 Å². The lowest BCUT2D eigenvalue weighted by Gasteiger charge is -2.08. The summed E-state index contributed by atoms with van der Waals surface area (Å²) < 4.78 is 13.4. The summed E-state index contributed by atoms with van der Waals surface area (Å²) >= 11 is 1.20. The topological polar surface area (TPSA) is 108 Å². The molecule has 0 radical (unpaired) electrons. The molecule has 0 spiro atoms. The van der Waals surface area contributed by atoms with Crippen LogP contribution in [0.15, 0.2) is 61.1 Å². The lowest BCUT2D eigenvalue weighted by Crippen LogP contribution is -2.11. The van der Waals surface area contributed by atoms with E-state index in [1.54, 1.807) is 30.5 Å². The maximum atomic E-state index is 13.4. The second-order valence-corrected chi connectivity index (χ2v) is 8.00. The molecule has 4 heterocycles. The minimum Gasteiger partial charge on any atom is -0.320 e. The van der Waals surface area contributed by atoms with Crippen molar-refractivity contribution in [2.75, 3.05) is 10.6 Å². The average Bonchev–Trinajstić information content (AvgIpc) is 3.46. The van der Waals surface area contributed by atoms with E-state index in [0.29, 0.717) is 32.8 Å². The Hall–Kier alpha value is -4.18. The molecule has 4 aromatic heterocycles. The third kappa shape index (κ3) is 3.91. The van der Waals surface area contributed by atoms with Gasteiger partial charge in [-0.1, -0.05) is 23.5 Å². The number of pyridine rings is 2. The number of fused-ring (bicyclic) bond motifs is 1. The molecule has 0 unspecified atom stereocenters. The monoisotopic (exact) mass is 445 g/mol. The first-order chi connectivity index (χ1) is 15.6. The van der Waals surface area contributed by atoms with E-state index in [-0.39, 0.29) is 5.91 Å². The zero-order valence-corrected chi connectivity index (χ0v) is 17.6. The van der Waals surface area contributed by atoms with Crippen LogP contribution in [0.4, 0.5) is 21.0 Å². The van der Waals surface area contributed by atoms with Crippen LogP contribution in [0.3, 0.4) is 0 Å². The lowest BCUT2D eigenvalue weighted by atomic mass is 10.1. The molecule has 158 valence electrons. The fourth-order valence-corrected chi connectivity index (χ4v) is 3.96. The largest absolute Gasteiger partial charge is 0.320 e. The lowest BCUT2D eigenvalue weighted by molar-refractivity contribution is 0.103. The number of nitrogens with zero attached hydrogens (tertiary/aromatic N) is 4. The molecule has 5 rings (SSSR count). The Morgan fingerprint density at radius 1 is 1.12 bits per heavy atom. The van der Waals surface area contributed by atoms with Gasteiger partial charge in [-0.3, -0.25) is 9.89 Å². The molecule has 0 aliphatic carbocycles. The summed E-state index contributed by atoms with van der Waals surface area (Å²) in [5, 5.41) is 14.3. The van der Waals surface area contributed by atoms with Crippen molar-refractivity contribution in [1.29, 1.82) is 0 Å². The van der Waals surface area contributed by atoms with E-state index in [1.807, 2.05) is 19.1 Å². The zero-order valence-electron chi connectivity index (χ0n) is 16.8. The van der Waals surface area contributed by atoms with Gasteiger partial charge >= 0.3 is 0 Å². The number of rotatable bonds is 5. The van der Waals surface area contributed by atoms with Crippen LogP contribution in [0.2, 0.25) is 0 Å². The van der Waals surface area contributed by atoms with Crippen molar-refractivity contribution in [3.63, 3.8) is 0 Å². The number of H-pyrrole nitrogens is 1. The molecule has 3 N–H and O–H groups in total. The summed E-state index contributed by atoms with van der Waals surface area (Å²) in [6.45, 7) is 1.93. The summed E-state index contributed by atoms with van der Waals surface area (Å²) in [5.41, 5.74) is 3.70. The van der Waals surface area contributed by atoms with E-state index in [1.165, 1.54) is 29.8 Å². The van der Waals surface area contributed by atoms with Crippen LogP contribution >= 0.6 is 11.3 Å². The summed E-state index contributed by atoms with van der Waals surface area (Å²) in [6.07, 6.45) is 4.59. The highest BCUT2D eigenvalue weighted by molar-refractivity contribution is 7.17. The fraction of sp³-hybridized carbons (Fsp3) is 0.0455. The second kappa shape index (κ2) is 8.16. The SMILES string of the molecule is Cc1ccc2[nH]ncc2c1NC(=O)c1cnc(Nc2cccc(-c3ccnc(F)c3)n2)s1. The standard InChI is InChI=1S/C22H16FN7OS/c1-12-5-6-16-14(10-26-30-16)20(12)29-21(31)17-11-25-22(32-17)28-19-4-2-3-15(27-19)13-7-8-24-18(23)9-13/h2-11H,1H3,(H,26,30)(H,29,31)(H,25,27,28). The molecule has 1 amide bonds. The van der Waals surface area contributed by atoms with Crippen molar-refractivity contribution in [3.8, 4) is 11.3 Å². The zero-order chi connectivity index (χ0) is 22.1. The van der Waals surface area contributed by atoms with Crippen LogP contribution in [-0.2, 0) is 0 Å². The van der Waals surface area contributed by atoms with Crippen LogP contribution in [0.5, 0.6) is 0 Å². The van der Waals surface area contributed by atoms with Crippen molar-refractivity contribution < 1.29 is 9.18 Å². The van der Waals surface area contributed by atoms with Crippen molar-refractivity contribution in [2.24, 2.45) is 0 Å². The molecule has 8 nitrogen and oxygen atoms in total. The predicted molar refractivity (Wildman–Crippen MR) is 122 cm³/mol. The Morgan fingerprint density at radius 2 is 2.03 bits per heavy atom. The van der Waals surface area contributed by atoms with Crippen molar-refractivity contribution in [3.05, 3.63) is 77.4 Å². The van der Waals surface area contributed by atoms with E-state index >= 15 is 0 Å². The van der Waals surface area contributed by atoms with Crippen LogP contribution in [-0.4, -0.2) is 31.1 Å². The van der Waals surface area contributed by atoms with Gasteiger partial charge in [0.15, 0.2) is 5.13 Å². The number of hydrogen-bond acceptors (Lipinski definition) is 7. The van der Waals surface area contributed by atoms with Crippen LogP contribution in [0, 0.1) is 12.9 Å². The van der Waals surface area contributed by atoms with E-state index in [9.17, 15) is 9.18 Å². The number of anilines is 3. The quantitative estimate of drug-likeness (QED) is 0.331. The van der Waals surface area contributed by atoms with E-state index in [4.69, 9.17) is 0 Å². The van der Waals surface area contributed by atoms with Crippen molar-refractivity contribution >= 4 is 44.8 Å². The second-order valence-electron chi connectivity index (χ2n) is 6.97. The number of carbonyl (C=O) groups excluding carboxylic acids is 1. The molecule has 0 aliphatic heterocycles. The third-order valence-corrected chi connectivity index (χ3v) is 5.72. The molecule has 0 aliphatic rings. The maximum absolute atomic E-state index is 13.4. The number of aromatic nitrogens is 5. The van der Waals surface area contributed by atoms with Gasteiger partial charge in [-0.15, -0.1) is 0 Å². The highest BCUT2D eigenvalue weighted by Crippen LogP contribution is 2.28. The number of halogens is 1. The third-order valence-electron chi connectivity index (χ3n) is 4.81. The van der Waals surface area contributed by atoms with Gasteiger partial charge in [0, 0.05) is 23.2 Å². The summed E-state index contributed by atoms with van der Waals surface area (Å²) in [5.74, 6) is -0.305.